The van der Waals surface area contributed by atoms with E-state index in [0.717, 1.165) is 26.0 Å². The number of carbonyl (C=O) groups excluding carboxylic acids is 6. The number of anilines is 1. The van der Waals surface area contributed by atoms with Crippen molar-refractivity contribution in [1.29, 1.82) is 0 Å². The number of halogens is 1. The number of hydrogen-bond donors (Lipinski definition) is 2. The zero-order valence-electron chi connectivity index (χ0n) is 24.7. The summed E-state index contributed by atoms with van der Waals surface area (Å²) in [5.74, 6) is -5.65. The van der Waals surface area contributed by atoms with Gasteiger partial charge in [-0.15, -0.1) is 0 Å². The first-order chi connectivity index (χ1) is 20.9. The van der Waals surface area contributed by atoms with Crippen molar-refractivity contribution in [1.82, 2.24) is 0 Å². The van der Waals surface area contributed by atoms with Crippen LogP contribution >= 0.6 is 11.6 Å². The lowest BCUT2D eigenvalue weighted by Crippen LogP contribution is -2.37. The van der Waals surface area contributed by atoms with E-state index in [1.54, 1.807) is 12.1 Å². The zero-order chi connectivity index (χ0) is 34.1. The monoisotopic (exact) mass is 674 g/mol. The van der Waals surface area contributed by atoms with Crippen LogP contribution in [0.5, 0.6) is 0 Å². The number of ether oxygens (including phenoxy) is 5. The van der Waals surface area contributed by atoms with Crippen molar-refractivity contribution in [3.63, 3.8) is 0 Å². The number of hydrogen-bond acceptors (Lipinski definition) is 15. The Balaban J connectivity index is 1.97. The fourth-order valence-corrected chi connectivity index (χ4v) is 4.25. The van der Waals surface area contributed by atoms with Gasteiger partial charge in [-0.2, -0.15) is 0 Å². The van der Waals surface area contributed by atoms with Gasteiger partial charge in [0.15, 0.2) is 36.8 Å². The summed E-state index contributed by atoms with van der Waals surface area (Å²) < 4.78 is 53.5. The molecule has 0 amide bonds. The number of furan rings is 1. The summed E-state index contributed by atoms with van der Waals surface area (Å²) in [5.41, 5.74) is -0.327. The fourth-order valence-electron chi connectivity index (χ4n) is 3.15. The van der Waals surface area contributed by atoms with Gasteiger partial charge in [-0.25, -0.2) is 37.5 Å². The lowest BCUT2D eigenvalue weighted by molar-refractivity contribution is -0.183. The summed E-state index contributed by atoms with van der Waals surface area (Å²) in [6.45, 7) is 5.02. The summed E-state index contributed by atoms with van der Waals surface area (Å²) in [5, 5.41) is 7.72. The van der Waals surface area contributed by atoms with Crippen LogP contribution in [0.4, 0.5) is 5.69 Å². The van der Waals surface area contributed by atoms with Gasteiger partial charge < -0.3 is 33.4 Å². The van der Waals surface area contributed by atoms with Gasteiger partial charge >= 0.3 is 29.8 Å². The molecule has 2 rings (SSSR count). The molecule has 18 heteroatoms. The van der Waals surface area contributed by atoms with Crippen LogP contribution in [0.15, 0.2) is 39.8 Å². The van der Waals surface area contributed by atoms with Gasteiger partial charge in [0.2, 0.25) is 10.0 Å². The van der Waals surface area contributed by atoms with Crippen molar-refractivity contribution in [3.8, 4) is 0 Å². The Morgan fingerprint density at radius 1 is 0.889 bits per heavy atom. The Kier molecular flexibility index (Phi) is 13.1. The number of Topliss-reactive ketones (excluding diaryl/α,β-unsaturated/α-hetero) is 1. The average Bonchev–Trinajstić information content (AvgIpc) is 3.47. The molecule has 16 nitrogen and oxygen atoms in total. The molecule has 0 saturated heterocycles. The summed E-state index contributed by atoms with van der Waals surface area (Å²) in [6, 6.07) is 5.24. The largest absolute Gasteiger partial charge is 0.467 e. The van der Waals surface area contributed by atoms with E-state index >= 15 is 0 Å². The third kappa shape index (κ3) is 11.2. The number of rotatable bonds is 15. The predicted octanol–water partition coefficient (Wildman–Crippen LogP) is 1.67. The van der Waals surface area contributed by atoms with Crippen molar-refractivity contribution in [3.05, 3.63) is 46.9 Å². The standard InChI is InChI=1S/C27H31ClN2O14S/c1-13(31)14(2)42-25(34)16(4)44-26(35)17(5)43-24(33)15(3)41-23(32)12-40-27(36)19-9-22(45(29,37)38)20(28)10-21(19)30-11-18-7-6-8-39-18/h6-10,14-17,30H,11-12H2,1-5H3,(H2,29,37,38)/t14-,15-,16-,17-/m0/s1. The Hall–Kier alpha value is -4.48. The molecule has 0 spiro atoms. The number of benzene rings is 1. The van der Waals surface area contributed by atoms with Gasteiger partial charge in [0.1, 0.15) is 10.7 Å². The van der Waals surface area contributed by atoms with Crippen LogP contribution in [0.25, 0.3) is 0 Å². The molecule has 0 aliphatic carbocycles. The Morgan fingerprint density at radius 3 is 1.91 bits per heavy atom. The van der Waals surface area contributed by atoms with Crippen LogP contribution in [-0.2, 0) is 64.2 Å². The molecule has 0 bridgehead atoms. The van der Waals surface area contributed by atoms with Crippen molar-refractivity contribution in [2.75, 3.05) is 11.9 Å². The summed E-state index contributed by atoms with van der Waals surface area (Å²) in [4.78, 5) is 72.2. The van der Waals surface area contributed by atoms with Crippen molar-refractivity contribution in [2.45, 2.75) is 70.5 Å². The second kappa shape index (κ2) is 16.0. The minimum atomic E-state index is -4.35. The summed E-state index contributed by atoms with van der Waals surface area (Å²) in [6.07, 6.45) is -4.19. The first-order valence-corrected chi connectivity index (χ1v) is 14.9. The SMILES string of the molecule is CC(=O)[C@H](C)OC(=O)[C@H](C)OC(=O)[C@H](C)OC(=O)[C@H](C)OC(=O)COC(=O)c1cc(S(N)(=O)=O)c(Cl)cc1NCc1ccco1. The highest BCUT2D eigenvalue weighted by molar-refractivity contribution is 7.89. The molecule has 2 aromatic rings. The molecule has 246 valence electrons. The Labute approximate surface area is 262 Å². The molecule has 1 heterocycles. The molecule has 0 aliphatic heterocycles. The minimum Gasteiger partial charge on any atom is -0.467 e. The van der Waals surface area contributed by atoms with Gasteiger partial charge in [-0.3, -0.25) is 4.79 Å². The molecule has 0 aliphatic rings. The van der Waals surface area contributed by atoms with Crippen molar-refractivity contribution in [2.24, 2.45) is 5.14 Å². The van der Waals surface area contributed by atoms with Crippen LogP contribution in [0, 0.1) is 0 Å². The van der Waals surface area contributed by atoms with Crippen LogP contribution in [0.3, 0.4) is 0 Å². The Bertz CT molecular complexity index is 1540. The van der Waals surface area contributed by atoms with E-state index in [0.29, 0.717) is 5.76 Å². The van der Waals surface area contributed by atoms with Crippen LogP contribution in [-0.4, -0.2) is 75.1 Å². The maximum Gasteiger partial charge on any atom is 0.347 e. The van der Waals surface area contributed by atoms with E-state index < -0.39 is 81.6 Å². The van der Waals surface area contributed by atoms with Gasteiger partial charge in [0.25, 0.3) is 0 Å². The molecule has 4 atom stereocenters. The lowest BCUT2D eigenvalue weighted by Gasteiger charge is -2.19. The topological polar surface area (TPSA) is 234 Å². The number of esters is 5. The first-order valence-electron chi connectivity index (χ1n) is 13.0. The quantitative estimate of drug-likeness (QED) is 0.202. The first kappa shape index (κ1) is 36.7. The van der Waals surface area contributed by atoms with Crippen LogP contribution in [0.1, 0.15) is 50.7 Å². The third-order valence-corrected chi connectivity index (χ3v) is 7.08. The lowest BCUT2D eigenvalue weighted by atomic mass is 10.1. The molecule has 1 aromatic heterocycles. The maximum atomic E-state index is 12.8. The number of ketones is 1. The summed E-state index contributed by atoms with van der Waals surface area (Å²) in [7, 11) is -4.35. The normalized spacial score (nSPS) is 13.8. The Morgan fingerprint density at radius 2 is 1.42 bits per heavy atom. The molecule has 3 N–H and O–H groups in total. The van der Waals surface area contributed by atoms with Crippen molar-refractivity contribution < 1.29 is 65.3 Å². The van der Waals surface area contributed by atoms with E-state index in [9.17, 15) is 37.2 Å². The number of primary sulfonamides is 1. The van der Waals surface area contributed by atoms with Crippen LogP contribution < -0.4 is 10.5 Å². The second-order valence-corrected chi connectivity index (χ2v) is 11.3. The van der Waals surface area contributed by atoms with E-state index in [4.69, 9.17) is 44.8 Å². The van der Waals surface area contributed by atoms with E-state index in [-0.39, 0.29) is 22.8 Å². The number of carbonyl (C=O) groups is 6. The van der Waals surface area contributed by atoms with E-state index in [1.165, 1.54) is 27.0 Å². The van der Waals surface area contributed by atoms with Crippen molar-refractivity contribution >= 4 is 62.9 Å². The van der Waals surface area contributed by atoms with Crippen LogP contribution in [0.2, 0.25) is 5.02 Å². The smallest absolute Gasteiger partial charge is 0.347 e. The summed E-state index contributed by atoms with van der Waals surface area (Å²) >= 11 is 6.03. The number of sulfonamides is 1. The van der Waals surface area contributed by atoms with E-state index in [1.807, 2.05) is 0 Å². The zero-order valence-corrected chi connectivity index (χ0v) is 26.3. The molecule has 0 saturated carbocycles. The molecule has 1 aromatic carbocycles. The van der Waals surface area contributed by atoms with E-state index in [2.05, 4.69) is 5.32 Å². The van der Waals surface area contributed by atoms with Gasteiger partial charge in [-0.05, 0) is 58.9 Å². The van der Waals surface area contributed by atoms with Gasteiger partial charge in [-0.1, -0.05) is 11.6 Å². The number of nitrogens with one attached hydrogen (secondary N) is 1. The number of nitrogens with two attached hydrogens (primary N) is 1. The molecule has 0 fully saturated rings. The predicted molar refractivity (Wildman–Crippen MR) is 152 cm³/mol. The highest BCUT2D eigenvalue weighted by Crippen LogP contribution is 2.29. The molecular weight excluding hydrogens is 644 g/mol. The molecule has 45 heavy (non-hydrogen) atoms. The molecular formula is C27H31ClN2O14S. The third-order valence-electron chi connectivity index (χ3n) is 5.71. The van der Waals surface area contributed by atoms with Gasteiger partial charge in [0, 0.05) is 0 Å². The molecule has 0 radical (unpaired) electrons. The van der Waals surface area contributed by atoms with Gasteiger partial charge in [0.05, 0.1) is 29.1 Å². The highest BCUT2D eigenvalue weighted by Gasteiger charge is 2.30. The molecule has 0 unspecified atom stereocenters. The maximum absolute atomic E-state index is 12.8. The fraction of sp³-hybridized carbons (Fsp3) is 0.407. The minimum absolute atomic E-state index is 0.0240. The second-order valence-electron chi connectivity index (χ2n) is 9.36. The average molecular weight is 675 g/mol. The highest BCUT2D eigenvalue weighted by atomic mass is 35.5.